The van der Waals surface area contributed by atoms with Crippen LogP contribution in [0.25, 0.3) is 10.1 Å². The van der Waals surface area contributed by atoms with Crippen LogP contribution in [0.15, 0.2) is 29.6 Å². The van der Waals surface area contributed by atoms with Crippen molar-refractivity contribution >= 4 is 21.4 Å². The number of rotatable bonds is 4. The van der Waals surface area contributed by atoms with Gasteiger partial charge in [0.15, 0.2) is 0 Å². The molecule has 2 heteroatoms. The molecule has 2 aromatic rings. The van der Waals surface area contributed by atoms with Crippen molar-refractivity contribution in [1.82, 2.24) is 5.32 Å². The van der Waals surface area contributed by atoms with Gasteiger partial charge in [-0.25, -0.2) is 0 Å². The second kappa shape index (κ2) is 5.50. The van der Waals surface area contributed by atoms with Crippen molar-refractivity contribution in [2.45, 2.75) is 50.5 Å². The van der Waals surface area contributed by atoms with Gasteiger partial charge in [0, 0.05) is 10.7 Å². The van der Waals surface area contributed by atoms with Crippen LogP contribution in [0, 0.1) is 5.92 Å². The van der Waals surface area contributed by atoms with Gasteiger partial charge in [-0.1, -0.05) is 31.0 Å². The quantitative estimate of drug-likeness (QED) is 0.840. The molecule has 2 saturated carbocycles. The van der Waals surface area contributed by atoms with E-state index in [-0.39, 0.29) is 0 Å². The highest BCUT2D eigenvalue weighted by Gasteiger charge is 2.29. The summed E-state index contributed by atoms with van der Waals surface area (Å²) in [6, 6.07) is 10.0. The molecule has 4 rings (SSSR count). The molecule has 1 nitrogen and oxygen atoms in total. The van der Waals surface area contributed by atoms with E-state index in [0.717, 1.165) is 17.9 Å². The molecule has 1 aromatic carbocycles. The van der Waals surface area contributed by atoms with Crippen molar-refractivity contribution in [2.24, 2.45) is 5.92 Å². The minimum atomic E-state index is 0.775. The molecule has 1 N–H and O–H groups in total. The Bertz CT molecular complexity index is 584. The fourth-order valence-electron chi connectivity index (χ4n) is 3.78. The fourth-order valence-corrected chi connectivity index (χ4v) is 4.75. The van der Waals surface area contributed by atoms with Gasteiger partial charge in [-0.3, -0.25) is 0 Å². The number of hydrogen-bond donors (Lipinski definition) is 1. The molecule has 2 fully saturated rings. The molecular weight excluding hydrogens is 262 g/mol. The summed E-state index contributed by atoms with van der Waals surface area (Å²) in [6.45, 7) is 1.23. The SMILES string of the molecule is c1cc(C2CCCCC2CNC2CC2)c2sccc2c1. The van der Waals surface area contributed by atoms with Gasteiger partial charge in [0.25, 0.3) is 0 Å². The number of nitrogens with one attached hydrogen (secondary N) is 1. The highest BCUT2D eigenvalue weighted by Crippen LogP contribution is 2.41. The normalized spacial score (nSPS) is 27.0. The summed E-state index contributed by atoms with van der Waals surface area (Å²) in [6.07, 6.45) is 8.43. The molecule has 0 amide bonds. The predicted octanol–water partition coefficient (Wildman–Crippen LogP) is 4.93. The lowest BCUT2D eigenvalue weighted by Gasteiger charge is -2.32. The summed E-state index contributed by atoms with van der Waals surface area (Å²) in [5.74, 6) is 1.62. The van der Waals surface area contributed by atoms with Crippen molar-refractivity contribution < 1.29 is 0 Å². The largest absolute Gasteiger partial charge is 0.314 e. The van der Waals surface area contributed by atoms with E-state index in [1.807, 2.05) is 11.3 Å². The second-order valence-corrected chi connectivity index (χ2v) is 7.44. The molecule has 2 aliphatic rings. The first-order valence-electron chi connectivity index (χ1n) is 8.11. The first kappa shape index (κ1) is 12.8. The van der Waals surface area contributed by atoms with Crippen LogP contribution in [0.1, 0.15) is 50.0 Å². The maximum atomic E-state index is 3.77. The highest BCUT2D eigenvalue weighted by molar-refractivity contribution is 7.17. The van der Waals surface area contributed by atoms with Crippen LogP contribution in [0.3, 0.4) is 0 Å². The van der Waals surface area contributed by atoms with E-state index in [4.69, 9.17) is 0 Å². The van der Waals surface area contributed by atoms with Gasteiger partial charge < -0.3 is 5.32 Å². The Labute approximate surface area is 125 Å². The lowest BCUT2D eigenvalue weighted by atomic mass is 9.75. The maximum absolute atomic E-state index is 3.77. The molecule has 2 aliphatic carbocycles. The van der Waals surface area contributed by atoms with Crippen molar-refractivity contribution in [3.05, 3.63) is 35.2 Å². The highest BCUT2D eigenvalue weighted by atomic mass is 32.1. The zero-order valence-electron chi connectivity index (χ0n) is 12.0. The van der Waals surface area contributed by atoms with E-state index < -0.39 is 0 Å². The molecule has 106 valence electrons. The van der Waals surface area contributed by atoms with Gasteiger partial charge in [-0.2, -0.15) is 0 Å². The lowest BCUT2D eigenvalue weighted by Crippen LogP contribution is -2.30. The zero-order valence-corrected chi connectivity index (χ0v) is 12.8. The molecule has 2 atom stereocenters. The molecule has 1 heterocycles. The summed E-state index contributed by atoms with van der Waals surface area (Å²) in [4.78, 5) is 0. The Kier molecular flexibility index (Phi) is 3.53. The van der Waals surface area contributed by atoms with Crippen molar-refractivity contribution in [3.63, 3.8) is 0 Å². The zero-order chi connectivity index (χ0) is 13.4. The molecule has 0 aliphatic heterocycles. The van der Waals surface area contributed by atoms with Crippen LogP contribution < -0.4 is 5.32 Å². The molecule has 20 heavy (non-hydrogen) atoms. The van der Waals surface area contributed by atoms with Gasteiger partial charge in [-0.05, 0) is 66.5 Å². The van der Waals surface area contributed by atoms with Crippen LogP contribution in [0.5, 0.6) is 0 Å². The predicted molar refractivity (Wildman–Crippen MR) is 87.5 cm³/mol. The van der Waals surface area contributed by atoms with Crippen LogP contribution in [0.2, 0.25) is 0 Å². The summed E-state index contributed by atoms with van der Waals surface area (Å²) >= 11 is 1.93. The van der Waals surface area contributed by atoms with E-state index in [9.17, 15) is 0 Å². The van der Waals surface area contributed by atoms with Crippen LogP contribution in [0.4, 0.5) is 0 Å². The summed E-state index contributed by atoms with van der Waals surface area (Å²) < 4.78 is 1.54. The van der Waals surface area contributed by atoms with Crippen molar-refractivity contribution in [2.75, 3.05) is 6.54 Å². The van der Waals surface area contributed by atoms with Crippen LogP contribution >= 0.6 is 11.3 Å². The Morgan fingerprint density at radius 2 is 1.95 bits per heavy atom. The lowest BCUT2D eigenvalue weighted by molar-refractivity contribution is 0.296. The fraction of sp³-hybridized carbons (Fsp3) is 0.556. The Morgan fingerprint density at radius 1 is 1.05 bits per heavy atom. The molecule has 0 bridgehead atoms. The molecule has 1 aromatic heterocycles. The van der Waals surface area contributed by atoms with Crippen molar-refractivity contribution in [1.29, 1.82) is 0 Å². The third kappa shape index (κ3) is 2.51. The molecule has 0 radical (unpaired) electrons. The van der Waals surface area contributed by atoms with Gasteiger partial charge >= 0.3 is 0 Å². The molecule has 0 spiro atoms. The third-order valence-electron chi connectivity index (χ3n) is 5.06. The topological polar surface area (TPSA) is 12.0 Å². The third-order valence-corrected chi connectivity index (χ3v) is 6.04. The number of hydrogen-bond acceptors (Lipinski definition) is 2. The van der Waals surface area contributed by atoms with Crippen LogP contribution in [-0.2, 0) is 0 Å². The van der Waals surface area contributed by atoms with E-state index in [0.29, 0.717) is 0 Å². The second-order valence-electron chi connectivity index (χ2n) is 6.52. The summed E-state index contributed by atoms with van der Waals surface area (Å²) in [5.41, 5.74) is 1.62. The van der Waals surface area contributed by atoms with E-state index in [2.05, 4.69) is 35.0 Å². The van der Waals surface area contributed by atoms with E-state index >= 15 is 0 Å². The monoisotopic (exact) mass is 285 g/mol. The Hall–Kier alpha value is -0.860. The van der Waals surface area contributed by atoms with Crippen LogP contribution in [-0.4, -0.2) is 12.6 Å². The minimum Gasteiger partial charge on any atom is -0.314 e. The number of fused-ring (bicyclic) bond motifs is 1. The number of benzene rings is 1. The van der Waals surface area contributed by atoms with E-state index in [1.165, 1.54) is 55.2 Å². The van der Waals surface area contributed by atoms with Gasteiger partial charge in [0.05, 0.1) is 0 Å². The van der Waals surface area contributed by atoms with E-state index in [1.54, 1.807) is 5.56 Å². The molecule has 0 saturated heterocycles. The Balaban J connectivity index is 1.61. The first-order chi connectivity index (χ1) is 9.92. The minimum absolute atomic E-state index is 0.775. The number of thiophene rings is 1. The summed E-state index contributed by atoms with van der Waals surface area (Å²) in [5, 5.41) is 7.45. The molecular formula is C18H23NS. The molecule has 2 unspecified atom stereocenters. The average Bonchev–Trinajstić information content (AvgIpc) is 3.20. The van der Waals surface area contributed by atoms with Gasteiger partial charge in [0.1, 0.15) is 0 Å². The standard InChI is InChI=1S/C18H23NS/c1-2-6-16(14(4-1)12-19-15-8-9-15)17-7-3-5-13-10-11-20-18(13)17/h3,5,7,10-11,14-16,19H,1-2,4,6,8-9,12H2. The average molecular weight is 285 g/mol. The maximum Gasteiger partial charge on any atom is 0.0377 e. The van der Waals surface area contributed by atoms with Crippen molar-refractivity contribution in [3.8, 4) is 0 Å². The Morgan fingerprint density at radius 3 is 2.85 bits per heavy atom. The van der Waals surface area contributed by atoms with Gasteiger partial charge in [-0.15, -0.1) is 11.3 Å². The summed E-state index contributed by atoms with van der Waals surface area (Å²) in [7, 11) is 0. The first-order valence-corrected chi connectivity index (χ1v) is 8.99. The smallest absolute Gasteiger partial charge is 0.0377 e. The van der Waals surface area contributed by atoms with Gasteiger partial charge in [0.2, 0.25) is 0 Å².